The van der Waals surface area contributed by atoms with Crippen LogP contribution in [0.1, 0.15) is 28.4 Å². The summed E-state index contributed by atoms with van der Waals surface area (Å²) in [7, 11) is 0. The van der Waals surface area contributed by atoms with Crippen LogP contribution < -0.4 is 5.32 Å². The summed E-state index contributed by atoms with van der Waals surface area (Å²) in [6.45, 7) is 3.52. The highest BCUT2D eigenvalue weighted by molar-refractivity contribution is 6.09. The lowest BCUT2D eigenvalue weighted by Crippen LogP contribution is -2.15. The Morgan fingerprint density at radius 2 is 1.69 bits per heavy atom. The molecular formula is C22H19NO3. The van der Waals surface area contributed by atoms with Crippen molar-refractivity contribution in [3.8, 4) is 0 Å². The van der Waals surface area contributed by atoms with Crippen LogP contribution in [0.5, 0.6) is 0 Å². The number of hydrogen-bond donors (Lipinski definition) is 2. The second-order valence-electron chi connectivity index (χ2n) is 6.24. The molecule has 0 aliphatic carbocycles. The minimum Gasteiger partial charge on any atom is -0.478 e. The van der Waals surface area contributed by atoms with Crippen LogP contribution in [0.2, 0.25) is 0 Å². The molecule has 0 aliphatic heterocycles. The Labute approximate surface area is 151 Å². The van der Waals surface area contributed by atoms with E-state index >= 15 is 0 Å². The fraction of sp³-hybridized carbons (Fsp3) is 0.0909. The molecule has 0 heterocycles. The molecule has 0 fully saturated rings. The number of fused-ring (bicyclic) bond motifs is 1. The van der Waals surface area contributed by atoms with Crippen LogP contribution in [0.25, 0.3) is 16.8 Å². The zero-order chi connectivity index (χ0) is 18.7. The maximum atomic E-state index is 12.5. The van der Waals surface area contributed by atoms with Crippen LogP contribution in [0.4, 0.5) is 5.69 Å². The van der Waals surface area contributed by atoms with E-state index in [1.165, 1.54) is 0 Å². The molecular weight excluding hydrogens is 326 g/mol. The number of hydrogen-bond acceptors (Lipinski definition) is 2. The molecule has 0 aromatic heterocycles. The van der Waals surface area contributed by atoms with Gasteiger partial charge in [-0.25, -0.2) is 4.79 Å². The second-order valence-corrected chi connectivity index (χ2v) is 6.24. The van der Waals surface area contributed by atoms with Crippen LogP contribution in [0.15, 0.2) is 66.2 Å². The number of rotatable bonds is 4. The first-order valence-corrected chi connectivity index (χ1v) is 8.26. The van der Waals surface area contributed by atoms with E-state index in [4.69, 9.17) is 0 Å². The Balaban J connectivity index is 1.85. The molecule has 2 N–H and O–H groups in total. The summed E-state index contributed by atoms with van der Waals surface area (Å²) in [5.41, 5.74) is 2.61. The van der Waals surface area contributed by atoms with Crippen molar-refractivity contribution >= 4 is 34.4 Å². The van der Waals surface area contributed by atoms with Gasteiger partial charge in [0.05, 0.1) is 11.3 Å². The van der Waals surface area contributed by atoms with E-state index in [1.807, 2.05) is 49.4 Å². The quantitative estimate of drug-likeness (QED) is 0.662. The standard InChI is InChI=1S/C22H19NO3/c1-14-7-10-20(19(11-14)22(25)26)23-21(24)15(2)12-16-8-9-17-5-3-4-6-18(17)13-16/h3-13H,1-2H3,(H,23,24)(H,25,26)/b15-12+. The Morgan fingerprint density at radius 1 is 0.962 bits per heavy atom. The molecule has 3 aromatic carbocycles. The van der Waals surface area contributed by atoms with Gasteiger partial charge in [0, 0.05) is 5.57 Å². The van der Waals surface area contributed by atoms with E-state index < -0.39 is 5.97 Å². The van der Waals surface area contributed by atoms with Crippen molar-refractivity contribution in [2.45, 2.75) is 13.8 Å². The fourth-order valence-corrected chi connectivity index (χ4v) is 2.78. The summed E-state index contributed by atoms with van der Waals surface area (Å²) < 4.78 is 0. The average Bonchev–Trinajstić information content (AvgIpc) is 2.62. The number of carbonyl (C=O) groups is 2. The minimum atomic E-state index is -1.07. The summed E-state index contributed by atoms with van der Waals surface area (Å²) in [6, 6.07) is 18.9. The second kappa shape index (κ2) is 7.23. The van der Waals surface area contributed by atoms with E-state index in [-0.39, 0.29) is 11.5 Å². The molecule has 4 nitrogen and oxygen atoms in total. The normalized spacial score (nSPS) is 11.4. The van der Waals surface area contributed by atoms with E-state index in [9.17, 15) is 14.7 Å². The van der Waals surface area contributed by atoms with Gasteiger partial charge >= 0.3 is 5.97 Å². The SMILES string of the molecule is C/C(=C\c1ccc2ccccc2c1)C(=O)Nc1ccc(C)cc1C(=O)O. The van der Waals surface area contributed by atoms with Crippen molar-refractivity contribution in [2.75, 3.05) is 5.32 Å². The topological polar surface area (TPSA) is 66.4 Å². The summed E-state index contributed by atoms with van der Waals surface area (Å²) in [5.74, 6) is -1.40. The Bertz CT molecular complexity index is 1030. The van der Waals surface area contributed by atoms with E-state index in [1.54, 1.807) is 31.2 Å². The van der Waals surface area contributed by atoms with Crippen molar-refractivity contribution < 1.29 is 14.7 Å². The number of amides is 1. The van der Waals surface area contributed by atoms with Crippen molar-refractivity contribution in [1.29, 1.82) is 0 Å². The third-order valence-corrected chi connectivity index (χ3v) is 4.17. The Morgan fingerprint density at radius 3 is 2.42 bits per heavy atom. The first-order chi connectivity index (χ1) is 12.4. The summed E-state index contributed by atoms with van der Waals surface area (Å²) >= 11 is 0. The third-order valence-electron chi connectivity index (χ3n) is 4.17. The number of carbonyl (C=O) groups excluding carboxylic acids is 1. The smallest absolute Gasteiger partial charge is 0.337 e. The fourth-order valence-electron chi connectivity index (χ4n) is 2.78. The number of aromatic carboxylic acids is 1. The molecule has 3 aromatic rings. The molecule has 0 spiro atoms. The predicted octanol–water partition coefficient (Wildman–Crippen LogP) is 4.89. The largest absolute Gasteiger partial charge is 0.478 e. The highest BCUT2D eigenvalue weighted by atomic mass is 16.4. The molecule has 0 atom stereocenters. The van der Waals surface area contributed by atoms with Gasteiger partial charge in [-0.05, 0) is 54.5 Å². The highest BCUT2D eigenvalue weighted by Gasteiger charge is 2.13. The number of benzene rings is 3. The van der Waals surface area contributed by atoms with Crippen molar-refractivity contribution in [3.63, 3.8) is 0 Å². The van der Waals surface area contributed by atoms with Gasteiger partial charge in [0.25, 0.3) is 5.91 Å². The molecule has 0 radical (unpaired) electrons. The lowest BCUT2D eigenvalue weighted by atomic mass is 10.0. The van der Waals surface area contributed by atoms with E-state index in [2.05, 4.69) is 5.32 Å². The number of aryl methyl sites for hydroxylation is 1. The Hall–Kier alpha value is -3.40. The molecule has 0 saturated carbocycles. The number of carboxylic acid groups (broad SMARTS) is 1. The molecule has 0 unspecified atom stereocenters. The minimum absolute atomic E-state index is 0.0804. The highest BCUT2D eigenvalue weighted by Crippen LogP contribution is 2.20. The number of anilines is 1. The van der Waals surface area contributed by atoms with E-state index in [0.29, 0.717) is 11.3 Å². The van der Waals surface area contributed by atoms with Gasteiger partial charge in [0.1, 0.15) is 0 Å². The number of nitrogens with one attached hydrogen (secondary N) is 1. The van der Waals surface area contributed by atoms with Gasteiger partial charge in [0.2, 0.25) is 0 Å². The predicted molar refractivity (Wildman–Crippen MR) is 104 cm³/mol. The monoisotopic (exact) mass is 345 g/mol. The molecule has 26 heavy (non-hydrogen) atoms. The van der Waals surface area contributed by atoms with Crippen LogP contribution in [0, 0.1) is 6.92 Å². The van der Waals surface area contributed by atoms with Crippen LogP contribution in [0.3, 0.4) is 0 Å². The van der Waals surface area contributed by atoms with Gasteiger partial charge in [0.15, 0.2) is 0 Å². The maximum absolute atomic E-state index is 12.5. The molecule has 0 aliphatic rings. The van der Waals surface area contributed by atoms with E-state index in [0.717, 1.165) is 21.9 Å². The molecule has 3 rings (SSSR count). The molecule has 1 amide bonds. The summed E-state index contributed by atoms with van der Waals surface area (Å²) in [5, 5.41) is 14.2. The molecule has 0 bridgehead atoms. The first-order valence-electron chi connectivity index (χ1n) is 8.26. The zero-order valence-corrected chi connectivity index (χ0v) is 14.6. The Kier molecular flexibility index (Phi) is 4.85. The van der Waals surface area contributed by atoms with Gasteiger partial charge in [-0.2, -0.15) is 0 Å². The average molecular weight is 345 g/mol. The number of carboxylic acids is 1. The van der Waals surface area contributed by atoms with Gasteiger partial charge < -0.3 is 10.4 Å². The van der Waals surface area contributed by atoms with Gasteiger partial charge in [-0.15, -0.1) is 0 Å². The van der Waals surface area contributed by atoms with Crippen LogP contribution >= 0.6 is 0 Å². The van der Waals surface area contributed by atoms with Crippen molar-refractivity contribution in [3.05, 3.63) is 82.9 Å². The summed E-state index contributed by atoms with van der Waals surface area (Å²) in [6.07, 6.45) is 1.79. The molecule has 130 valence electrons. The van der Waals surface area contributed by atoms with Crippen LogP contribution in [-0.2, 0) is 4.79 Å². The first kappa shape index (κ1) is 17.4. The molecule has 4 heteroatoms. The van der Waals surface area contributed by atoms with Crippen molar-refractivity contribution in [2.24, 2.45) is 0 Å². The lowest BCUT2D eigenvalue weighted by Gasteiger charge is -2.10. The van der Waals surface area contributed by atoms with Gasteiger partial charge in [-0.1, -0.05) is 48.0 Å². The maximum Gasteiger partial charge on any atom is 0.337 e. The van der Waals surface area contributed by atoms with Crippen molar-refractivity contribution in [1.82, 2.24) is 0 Å². The lowest BCUT2D eigenvalue weighted by molar-refractivity contribution is -0.112. The van der Waals surface area contributed by atoms with Crippen LogP contribution in [-0.4, -0.2) is 17.0 Å². The summed E-state index contributed by atoms with van der Waals surface area (Å²) in [4.78, 5) is 23.8. The van der Waals surface area contributed by atoms with Gasteiger partial charge in [-0.3, -0.25) is 4.79 Å². The third kappa shape index (κ3) is 3.81. The zero-order valence-electron chi connectivity index (χ0n) is 14.6. The molecule has 0 saturated heterocycles.